The van der Waals surface area contributed by atoms with Crippen molar-refractivity contribution < 1.29 is 118 Å². The first-order valence-electron chi connectivity index (χ1n) is 34.2. The van der Waals surface area contributed by atoms with Gasteiger partial charge in [0, 0.05) is 67.3 Å². The van der Waals surface area contributed by atoms with Gasteiger partial charge in [0.2, 0.25) is 29.4 Å². The lowest BCUT2D eigenvalue weighted by atomic mass is 9.80. The Morgan fingerprint density at radius 1 is 0.745 bits per heavy atom. The number of nitrogens with one attached hydrogen (secondary N) is 4. The minimum Gasteiger partial charge on any atom is -0.508 e. The molecule has 11 bridgehead atoms. The highest BCUT2D eigenvalue weighted by atomic mass is 35.5. The zero-order valence-corrected chi connectivity index (χ0v) is 61.2. The molecule has 0 aliphatic carbocycles. The van der Waals surface area contributed by atoms with E-state index in [4.69, 9.17) is 67.9 Å². The third-order valence-electron chi connectivity index (χ3n) is 18.3. The van der Waals surface area contributed by atoms with E-state index in [1.165, 1.54) is 88.5 Å². The smallest absolute Gasteiger partial charge is 0.373 e. The summed E-state index contributed by atoms with van der Waals surface area (Å²) in [6.07, 6.45) is -20.5. The molecule has 6 aliphatic rings. The number of rotatable bonds is 16. The Bertz CT molecular complexity index is 4060. The zero-order chi connectivity index (χ0) is 78.7. The van der Waals surface area contributed by atoms with Crippen LogP contribution in [0.4, 0.5) is 0 Å². The molecule has 5 aromatic rings. The van der Waals surface area contributed by atoms with Gasteiger partial charge in [0.25, 0.3) is 0 Å². The zero-order valence-electron chi connectivity index (χ0n) is 59.7. The van der Waals surface area contributed by atoms with Crippen molar-refractivity contribution in [1.82, 2.24) is 21.3 Å². The molecule has 0 saturated carbocycles. The Kier molecular flexibility index (Phi) is 29.3. The standard InChI is InChI=1S/C69H82Cl2N6O22.C4H10.CO2/c1-28(2)13-43(74-6)68(94)77-58-47(83)18-35(21-54(72)86)66(92)76-57-34-19-52(64(53(20-34)98-51-12-9-33(60(58)88)17-42(51)71)96-29(3)63(62(90)61(89)49(85)27-78)99-55-25-69(5,73)65(91)30(4)95-55)97-50-11-8-32(16-41(50)70)59(87)40-24-45(81)38(23-48(57)84)31-7-10-44(80)39(15-31)56-36(26-75-67(40)93)14-37(79)22-46(56)82;1-4(2)3;2-1-3/h7-12,14-17,19-20,22,28-30,35,38,40,43,49,55,57-63,65,74,78-80,82,85,87-91H,13,18,21,23-27,73H2,1-6H3,(H2,72,86)(H,75,93)(H,76,92)(H,77,94);4H,1-3H3;/t29-,30+,35+,38+,40+,43-,49?,55?,57-,58+,59-,60-,61?,62+,63?,65-,69?;;/m1../s1. The van der Waals surface area contributed by atoms with Crippen LogP contribution in [0.3, 0.4) is 0 Å². The topological polar surface area (TPSA) is 502 Å². The van der Waals surface area contributed by atoms with Crippen molar-refractivity contribution in [1.29, 1.82) is 0 Å². The average Bonchev–Trinajstić information content (AvgIpc) is 0.584. The fourth-order valence-electron chi connectivity index (χ4n) is 12.9. The van der Waals surface area contributed by atoms with E-state index in [-0.39, 0.29) is 85.4 Å². The van der Waals surface area contributed by atoms with E-state index in [0.717, 1.165) is 24.1 Å². The number of fused-ring (bicyclic) bond motifs is 15. The third-order valence-corrected chi connectivity index (χ3v) is 18.9. The van der Waals surface area contributed by atoms with Crippen molar-refractivity contribution >= 4 is 70.3 Å². The number of phenols is 3. The molecule has 5 unspecified atom stereocenters. The van der Waals surface area contributed by atoms with Crippen LogP contribution in [0.5, 0.6) is 46.0 Å². The predicted molar refractivity (Wildman–Crippen MR) is 379 cm³/mol. The lowest BCUT2D eigenvalue weighted by Gasteiger charge is -2.44. The number of carbonyl (C=O) groups is 7. The quantitative estimate of drug-likeness (QED) is 0.0639. The van der Waals surface area contributed by atoms with Crippen molar-refractivity contribution in [3.63, 3.8) is 0 Å². The number of carbonyl (C=O) groups excluding carboxylic acids is 9. The number of benzene rings is 5. The van der Waals surface area contributed by atoms with Gasteiger partial charge in [-0.25, -0.2) is 0 Å². The van der Waals surface area contributed by atoms with Gasteiger partial charge >= 0.3 is 6.15 Å². The maximum Gasteiger partial charge on any atom is 0.373 e. The Morgan fingerprint density at radius 3 is 1.88 bits per heavy atom. The summed E-state index contributed by atoms with van der Waals surface area (Å²) in [5.41, 5.74) is 10.3. The number of likely N-dealkylation sites (N-methyl/N-ethyl adjacent to an activating group) is 1. The largest absolute Gasteiger partial charge is 0.508 e. The number of nitrogens with two attached hydrogens (primary N) is 2. The maximum atomic E-state index is 16.1. The lowest BCUT2D eigenvalue weighted by molar-refractivity contribution is -0.277. The molecule has 30 nitrogen and oxygen atoms in total. The van der Waals surface area contributed by atoms with Crippen molar-refractivity contribution in [2.75, 3.05) is 13.7 Å². The molecule has 18 N–H and O–H groups in total. The molecule has 6 aliphatic heterocycles. The fourth-order valence-corrected chi connectivity index (χ4v) is 13.3. The molecule has 5 aromatic carbocycles. The van der Waals surface area contributed by atoms with Gasteiger partial charge in [-0.2, -0.15) is 9.59 Å². The monoisotopic (exact) mass is 1520 g/mol. The number of Topliss-reactive ketones (excluding diaryl/α,β-unsaturated/α-hetero) is 3. The van der Waals surface area contributed by atoms with Crippen molar-refractivity contribution in [2.45, 2.75) is 191 Å². The van der Waals surface area contributed by atoms with Gasteiger partial charge in [-0.05, 0) is 128 Å². The van der Waals surface area contributed by atoms with Crippen LogP contribution in [-0.2, 0) is 59.2 Å². The van der Waals surface area contributed by atoms with Crippen LogP contribution in [0.25, 0.3) is 11.1 Å². The molecule has 1 saturated heterocycles. The highest BCUT2D eigenvalue weighted by Gasteiger charge is 2.47. The highest BCUT2D eigenvalue weighted by molar-refractivity contribution is 6.32. The van der Waals surface area contributed by atoms with Gasteiger partial charge < -0.3 is 107 Å². The van der Waals surface area contributed by atoms with Gasteiger partial charge in [0.1, 0.15) is 83.2 Å². The molecule has 106 heavy (non-hydrogen) atoms. The molecule has 4 amide bonds. The summed E-state index contributed by atoms with van der Waals surface area (Å²) < 4.78 is 32.4. The molecule has 6 heterocycles. The van der Waals surface area contributed by atoms with E-state index in [0.29, 0.717) is 0 Å². The predicted octanol–water partition coefficient (Wildman–Crippen LogP) is 4.65. The van der Waals surface area contributed by atoms with Crippen LogP contribution in [0, 0.1) is 23.7 Å². The highest BCUT2D eigenvalue weighted by Crippen LogP contribution is 2.50. The third kappa shape index (κ3) is 20.7. The van der Waals surface area contributed by atoms with Gasteiger partial charge in [-0.3, -0.25) is 33.6 Å². The minimum absolute atomic E-state index is 0.0283. The Hall–Kier alpha value is -8.69. The van der Waals surface area contributed by atoms with E-state index < -0.39 is 217 Å². The SMILES string of the molecule is CC(C)C.CN[C@H](CC(C)C)C(=O)N[C@H]1C(=O)C[C@@H](CC(N)=O)C(=O)N[C@H]2C(=O)C[C@@H]3C(=O)C[C@H](C(=O)NCc4cc(O)cc(O)c4-c4cc3ccc4O)[C@H](O)c3ccc(c(Cl)c3)Oc3cc2cc(c3O[C@H](C)C(OC2CC(C)(N)[C@H](O)[C@H](C)O2)[C@@H](O)C(O)C(O)CO)Oc2ccc(cc2Cl)[C@H]1O.O=C=O. The van der Waals surface area contributed by atoms with E-state index in [1.54, 1.807) is 0 Å². The first-order chi connectivity index (χ1) is 49.8. The number of halogens is 2. The number of amides is 4. The first-order valence-corrected chi connectivity index (χ1v) is 35.0. The van der Waals surface area contributed by atoms with E-state index in [2.05, 4.69) is 42.0 Å². The van der Waals surface area contributed by atoms with Crippen LogP contribution in [-0.4, -0.2) is 178 Å². The Labute approximate surface area is 620 Å². The molecule has 17 atom stereocenters. The number of ether oxygens (including phenoxy) is 5. The lowest BCUT2D eigenvalue weighted by Crippen LogP contribution is -2.62. The molecule has 0 radical (unpaired) electrons. The second-order valence-corrected chi connectivity index (χ2v) is 29.0. The molecule has 576 valence electrons. The summed E-state index contributed by atoms with van der Waals surface area (Å²) in [4.78, 5) is 120. The molecule has 1 fully saturated rings. The Balaban J connectivity index is 0.00000215. The van der Waals surface area contributed by atoms with Crippen LogP contribution in [0.15, 0.2) is 78.9 Å². The Morgan fingerprint density at radius 2 is 1.33 bits per heavy atom. The number of aliphatic hydroxyl groups is 7. The molecule has 11 rings (SSSR count). The number of aromatic hydroxyl groups is 3. The van der Waals surface area contributed by atoms with Gasteiger partial charge in [0.15, 0.2) is 29.4 Å². The van der Waals surface area contributed by atoms with E-state index in [1.807, 2.05) is 13.8 Å². The maximum absolute atomic E-state index is 16.1. The average molecular weight is 1520 g/mol. The first kappa shape index (κ1) is 84.6. The number of aliphatic hydroxyl groups excluding tert-OH is 7. The molecule has 0 aromatic heterocycles. The molecule has 0 spiro atoms. The van der Waals surface area contributed by atoms with Crippen LogP contribution < -0.4 is 46.9 Å². The number of phenolic OH excluding ortho intramolecular Hbond substituents is 3. The second-order valence-electron chi connectivity index (χ2n) is 28.1. The summed E-state index contributed by atoms with van der Waals surface area (Å²) in [7, 11) is 1.51. The molecular formula is C74H92Cl2N6O24. The van der Waals surface area contributed by atoms with Gasteiger partial charge in [-0.1, -0.05) is 76.0 Å². The normalized spacial score (nSPS) is 25.0. The minimum atomic E-state index is -2.18. The van der Waals surface area contributed by atoms with Gasteiger partial charge in [0.05, 0.1) is 52.8 Å². The number of hydrogen-bond donors (Lipinski definition) is 16. The summed E-state index contributed by atoms with van der Waals surface area (Å²) in [6, 6.07) is 10.9. The van der Waals surface area contributed by atoms with Gasteiger partial charge in [-0.15, -0.1) is 0 Å². The summed E-state index contributed by atoms with van der Waals surface area (Å²) in [5, 5.41) is 124. The van der Waals surface area contributed by atoms with Crippen molar-refractivity contribution in [3.05, 3.63) is 117 Å². The van der Waals surface area contributed by atoms with Crippen LogP contribution in [0.1, 0.15) is 146 Å². The van der Waals surface area contributed by atoms with Crippen molar-refractivity contribution in [2.24, 2.45) is 35.1 Å². The van der Waals surface area contributed by atoms with E-state index in [9.17, 15) is 70.2 Å². The summed E-state index contributed by atoms with van der Waals surface area (Å²) in [5.74, 6) is -14.9. The summed E-state index contributed by atoms with van der Waals surface area (Å²) in [6.45, 7) is 13.0. The van der Waals surface area contributed by atoms with Crippen LogP contribution in [0.2, 0.25) is 10.0 Å². The molecular weight excluding hydrogens is 1430 g/mol. The number of ketones is 3. The van der Waals surface area contributed by atoms with E-state index >= 15 is 14.4 Å². The second kappa shape index (κ2) is 36.7. The van der Waals surface area contributed by atoms with Crippen LogP contribution >= 0.6 is 23.2 Å². The fraction of sp³-hybridized carbons (Fsp3) is 0.486. The number of hydrogen-bond acceptors (Lipinski definition) is 26. The number of primary amides is 1. The molecule has 32 heteroatoms. The summed E-state index contributed by atoms with van der Waals surface area (Å²) >= 11 is 14.2. The van der Waals surface area contributed by atoms with Crippen molar-refractivity contribution in [3.8, 4) is 57.1 Å².